The number of aromatic nitrogens is 2. The van der Waals surface area contributed by atoms with Crippen LogP contribution in [0.4, 0.5) is 0 Å². The molecule has 122 valence electrons. The predicted octanol–water partition coefficient (Wildman–Crippen LogP) is 2.68. The zero-order chi connectivity index (χ0) is 17.0. The van der Waals surface area contributed by atoms with E-state index in [1.165, 1.54) is 0 Å². The van der Waals surface area contributed by atoms with E-state index in [9.17, 15) is 0 Å². The maximum atomic E-state index is 6.38. The molecule has 0 bridgehead atoms. The number of aliphatic imine (C=N–C) groups is 1. The molecule has 6 heteroatoms. The molecule has 1 heterocycles. The van der Waals surface area contributed by atoms with Crippen LogP contribution in [0.5, 0.6) is 0 Å². The monoisotopic (exact) mass is 313 g/mol. The molecule has 0 aliphatic heterocycles. The smallest absolute Gasteiger partial charge is 0.240 e. The average Bonchev–Trinajstić information content (AvgIpc) is 2.98. The number of rotatable bonds is 5. The molecule has 2 aromatic rings. The third-order valence-electron chi connectivity index (χ3n) is 3.45. The minimum atomic E-state index is -0.848. The van der Waals surface area contributed by atoms with Gasteiger partial charge in [-0.15, -0.1) is 10.2 Å². The first kappa shape index (κ1) is 16.9. The summed E-state index contributed by atoms with van der Waals surface area (Å²) >= 11 is 0. The van der Waals surface area contributed by atoms with E-state index in [2.05, 4.69) is 15.2 Å². The summed E-state index contributed by atoms with van der Waals surface area (Å²) in [6, 6.07) is 9.39. The van der Waals surface area contributed by atoms with Crippen molar-refractivity contribution < 1.29 is 4.42 Å². The number of hydrogen-bond acceptors (Lipinski definition) is 6. The average molecular weight is 313 g/mol. The van der Waals surface area contributed by atoms with Crippen molar-refractivity contribution in [3.63, 3.8) is 0 Å². The number of benzene rings is 1. The molecule has 0 saturated carbocycles. The van der Waals surface area contributed by atoms with Crippen LogP contribution in [0, 0.1) is 0 Å². The van der Waals surface area contributed by atoms with E-state index in [4.69, 9.17) is 15.9 Å². The molecule has 0 fully saturated rings. The molecule has 0 spiro atoms. The van der Waals surface area contributed by atoms with Gasteiger partial charge in [-0.05, 0) is 39.3 Å². The van der Waals surface area contributed by atoms with Crippen molar-refractivity contribution >= 4 is 5.71 Å². The molecule has 2 atom stereocenters. The Balaban J connectivity index is 2.25. The molecule has 1 unspecified atom stereocenters. The summed E-state index contributed by atoms with van der Waals surface area (Å²) in [4.78, 5) is 4.48. The molecule has 0 radical (unpaired) electrons. The SMILES string of the molecule is CC(N)=CC(C)=NC(C)c1nnc([C@](C)(N)c2ccccc2)o1. The van der Waals surface area contributed by atoms with Crippen molar-refractivity contribution in [2.75, 3.05) is 0 Å². The Morgan fingerprint density at radius 1 is 1.26 bits per heavy atom. The lowest BCUT2D eigenvalue weighted by Crippen LogP contribution is -2.34. The van der Waals surface area contributed by atoms with Crippen molar-refractivity contribution in [3.8, 4) is 0 Å². The van der Waals surface area contributed by atoms with Gasteiger partial charge in [-0.1, -0.05) is 30.3 Å². The van der Waals surface area contributed by atoms with Gasteiger partial charge in [0.2, 0.25) is 11.8 Å². The summed E-state index contributed by atoms with van der Waals surface area (Å²) in [6.45, 7) is 7.42. The fraction of sp³-hybridized carbons (Fsp3) is 0.353. The molecule has 0 aliphatic carbocycles. The number of allylic oxidation sites excluding steroid dienone is 2. The van der Waals surface area contributed by atoms with Crippen LogP contribution in [0.2, 0.25) is 0 Å². The Bertz CT molecular complexity index is 712. The zero-order valence-corrected chi connectivity index (χ0v) is 13.9. The molecule has 1 aromatic carbocycles. The number of nitrogens with zero attached hydrogens (tertiary/aromatic N) is 3. The second kappa shape index (κ2) is 6.75. The van der Waals surface area contributed by atoms with Gasteiger partial charge in [0.05, 0.1) is 0 Å². The molecule has 2 rings (SSSR count). The minimum absolute atomic E-state index is 0.265. The molecular weight excluding hydrogens is 290 g/mol. The molecule has 0 amide bonds. The van der Waals surface area contributed by atoms with Gasteiger partial charge in [0.15, 0.2) is 0 Å². The summed E-state index contributed by atoms with van der Waals surface area (Å²) in [7, 11) is 0. The van der Waals surface area contributed by atoms with Crippen LogP contribution in [0.25, 0.3) is 0 Å². The van der Waals surface area contributed by atoms with E-state index in [1.54, 1.807) is 6.08 Å². The van der Waals surface area contributed by atoms with Gasteiger partial charge in [0, 0.05) is 11.4 Å². The zero-order valence-electron chi connectivity index (χ0n) is 13.9. The summed E-state index contributed by atoms with van der Waals surface area (Å²) in [6.07, 6.45) is 1.80. The Morgan fingerprint density at radius 2 is 1.91 bits per heavy atom. The topological polar surface area (TPSA) is 103 Å². The van der Waals surface area contributed by atoms with Gasteiger partial charge in [0.25, 0.3) is 0 Å². The normalized spacial score (nSPS) is 16.9. The lowest BCUT2D eigenvalue weighted by molar-refractivity contribution is 0.366. The third kappa shape index (κ3) is 4.04. The first-order valence-electron chi connectivity index (χ1n) is 7.47. The summed E-state index contributed by atoms with van der Waals surface area (Å²) < 4.78 is 5.76. The fourth-order valence-corrected chi connectivity index (χ4v) is 2.25. The van der Waals surface area contributed by atoms with Gasteiger partial charge in [0.1, 0.15) is 11.6 Å². The van der Waals surface area contributed by atoms with E-state index >= 15 is 0 Å². The predicted molar refractivity (Wildman–Crippen MR) is 90.8 cm³/mol. The molecule has 23 heavy (non-hydrogen) atoms. The van der Waals surface area contributed by atoms with Crippen molar-refractivity contribution in [2.24, 2.45) is 16.5 Å². The highest BCUT2D eigenvalue weighted by atomic mass is 16.4. The quantitative estimate of drug-likeness (QED) is 0.826. The minimum Gasteiger partial charge on any atom is -0.421 e. The van der Waals surface area contributed by atoms with Gasteiger partial charge >= 0.3 is 0 Å². The van der Waals surface area contributed by atoms with Gasteiger partial charge in [-0.2, -0.15) is 0 Å². The van der Waals surface area contributed by atoms with Crippen molar-refractivity contribution in [3.05, 3.63) is 59.4 Å². The molecule has 0 aliphatic rings. The molecule has 4 N–H and O–H groups in total. The van der Waals surface area contributed by atoms with Crippen molar-refractivity contribution in [1.29, 1.82) is 0 Å². The Kier molecular flexibility index (Phi) is 4.95. The van der Waals surface area contributed by atoms with E-state index in [-0.39, 0.29) is 6.04 Å². The molecule has 6 nitrogen and oxygen atoms in total. The highest BCUT2D eigenvalue weighted by Crippen LogP contribution is 2.27. The third-order valence-corrected chi connectivity index (χ3v) is 3.45. The second-order valence-electron chi connectivity index (χ2n) is 5.85. The lowest BCUT2D eigenvalue weighted by atomic mass is 9.93. The van der Waals surface area contributed by atoms with Crippen molar-refractivity contribution in [2.45, 2.75) is 39.3 Å². The number of nitrogens with two attached hydrogens (primary N) is 2. The van der Waals surface area contributed by atoms with Gasteiger partial charge in [-0.25, -0.2) is 0 Å². The van der Waals surface area contributed by atoms with Gasteiger partial charge < -0.3 is 15.9 Å². The highest BCUT2D eigenvalue weighted by molar-refractivity contribution is 5.93. The number of hydrogen-bond donors (Lipinski definition) is 2. The van der Waals surface area contributed by atoms with Crippen LogP contribution in [-0.2, 0) is 5.54 Å². The van der Waals surface area contributed by atoms with E-state index in [0.717, 1.165) is 11.3 Å². The summed E-state index contributed by atoms with van der Waals surface area (Å²) in [5.74, 6) is 0.791. The van der Waals surface area contributed by atoms with Crippen molar-refractivity contribution in [1.82, 2.24) is 10.2 Å². The summed E-state index contributed by atoms with van der Waals surface area (Å²) in [5.41, 5.74) is 13.6. The molecule has 0 saturated heterocycles. The molecule has 1 aromatic heterocycles. The maximum absolute atomic E-state index is 6.38. The van der Waals surface area contributed by atoms with Gasteiger partial charge in [-0.3, -0.25) is 4.99 Å². The first-order chi connectivity index (χ1) is 10.8. The first-order valence-corrected chi connectivity index (χ1v) is 7.47. The van der Waals surface area contributed by atoms with E-state index in [1.807, 2.05) is 58.0 Å². The Hall–Kier alpha value is -2.47. The van der Waals surface area contributed by atoms with E-state index < -0.39 is 5.54 Å². The van der Waals surface area contributed by atoms with E-state index in [0.29, 0.717) is 17.5 Å². The second-order valence-corrected chi connectivity index (χ2v) is 5.85. The largest absolute Gasteiger partial charge is 0.421 e. The Labute approximate surface area is 136 Å². The highest BCUT2D eigenvalue weighted by Gasteiger charge is 2.30. The standard InChI is InChI=1S/C17H23N5O/c1-11(18)10-12(2)20-13(3)15-21-22-16(23-15)17(4,19)14-8-6-5-7-9-14/h5-10,13H,18-19H2,1-4H3/t13?,17-/m1/s1. The Morgan fingerprint density at radius 3 is 2.52 bits per heavy atom. The fourth-order valence-electron chi connectivity index (χ4n) is 2.25. The van der Waals surface area contributed by atoms with Crippen LogP contribution in [0.1, 0.15) is 51.1 Å². The molecular formula is C17H23N5O. The summed E-state index contributed by atoms with van der Waals surface area (Å²) in [5, 5.41) is 8.19. The van der Waals surface area contributed by atoms with Crippen LogP contribution in [-0.4, -0.2) is 15.9 Å². The van der Waals surface area contributed by atoms with Crippen LogP contribution < -0.4 is 11.5 Å². The lowest BCUT2D eigenvalue weighted by Gasteiger charge is -2.20. The van der Waals surface area contributed by atoms with Crippen LogP contribution in [0.15, 0.2) is 51.5 Å². The van der Waals surface area contributed by atoms with Crippen LogP contribution >= 0.6 is 0 Å². The maximum Gasteiger partial charge on any atom is 0.240 e. The van der Waals surface area contributed by atoms with Crippen LogP contribution in [0.3, 0.4) is 0 Å².